The van der Waals surface area contributed by atoms with Gasteiger partial charge in [0.05, 0.1) is 18.1 Å². The Balaban J connectivity index is 1.72. The molecule has 98 valence electrons. The minimum Gasteiger partial charge on any atom is -0.380 e. The first-order valence-corrected chi connectivity index (χ1v) is 6.97. The van der Waals surface area contributed by atoms with Crippen LogP contribution in [0.3, 0.4) is 0 Å². The highest BCUT2D eigenvalue weighted by Gasteiger charge is 2.22. The summed E-state index contributed by atoms with van der Waals surface area (Å²) in [6.45, 7) is 2.31. The molecular weight excluding hydrogens is 234 g/mol. The van der Waals surface area contributed by atoms with E-state index >= 15 is 0 Å². The lowest BCUT2D eigenvalue weighted by Crippen LogP contribution is -2.21. The van der Waals surface area contributed by atoms with Crippen LogP contribution in [-0.4, -0.2) is 16.0 Å². The summed E-state index contributed by atoms with van der Waals surface area (Å²) in [7, 11) is 0. The number of nitrogens with zero attached hydrogens (tertiary/aromatic N) is 2. The van der Waals surface area contributed by atoms with Crippen LogP contribution in [0.4, 0.5) is 5.69 Å². The first kappa shape index (κ1) is 12.2. The van der Waals surface area contributed by atoms with Gasteiger partial charge in [-0.2, -0.15) is 0 Å². The van der Waals surface area contributed by atoms with Crippen molar-refractivity contribution in [1.82, 2.24) is 9.97 Å². The zero-order chi connectivity index (χ0) is 13.1. The third kappa shape index (κ3) is 2.75. The van der Waals surface area contributed by atoms with E-state index in [0.29, 0.717) is 6.04 Å². The average molecular weight is 253 g/mol. The molecule has 1 fully saturated rings. The summed E-state index contributed by atoms with van der Waals surface area (Å²) in [6, 6.07) is 10.6. The Hall–Kier alpha value is -1.90. The predicted molar refractivity (Wildman–Crippen MR) is 77.9 cm³/mol. The highest BCUT2D eigenvalue weighted by Crippen LogP contribution is 2.27. The molecule has 1 aliphatic rings. The standard InChI is InChI=1S/C16H19N3/c1-12-6-5-9-15(12)19-14-10-17-16(18-11-14)13-7-3-2-4-8-13/h2-4,7-8,10-12,15,19H,5-6,9H2,1H3. The molecule has 19 heavy (non-hydrogen) atoms. The molecule has 1 aromatic heterocycles. The van der Waals surface area contributed by atoms with Gasteiger partial charge in [-0.3, -0.25) is 0 Å². The molecule has 0 saturated heterocycles. The van der Waals surface area contributed by atoms with Crippen molar-refractivity contribution in [2.24, 2.45) is 5.92 Å². The number of benzene rings is 1. The highest BCUT2D eigenvalue weighted by molar-refractivity contribution is 5.55. The molecule has 3 heteroatoms. The van der Waals surface area contributed by atoms with E-state index < -0.39 is 0 Å². The maximum absolute atomic E-state index is 4.44. The molecule has 1 saturated carbocycles. The number of rotatable bonds is 3. The van der Waals surface area contributed by atoms with Gasteiger partial charge in [0.2, 0.25) is 0 Å². The van der Waals surface area contributed by atoms with Gasteiger partial charge in [-0.25, -0.2) is 9.97 Å². The molecule has 1 heterocycles. The number of anilines is 1. The molecule has 2 atom stereocenters. The number of hydrogen-bond donors (Lipinski definition) is 1. The van der Waals surface area contributed by atoms with E-state index in [2.05, 4.69) is 22.2 Å². The van der Waals surface area contributed by atoms with E-state index in [4.69, 9.17) is 0 Å². The molecule has 3 nitrogen and oxygen atoms in total. The van der Waals surface area contributed by atoms with E-state index in [-0.39, 0.29) is 0 Å². The quantitative estimate of drug-likeness (QED) is 0.905. The van der Waals surface area contributed by atoms with Gasteiger partial charge in [0.1, 0.15) is 0 Å². The Morgan fingerprint density at radius 1 is 1.05 bits per heavy atom. The van der Waals surface area contributed by atoms with Crippen LogP contribution in [0.2, 0.25) is 0 Å². The molecule has 0 bridgehead atoms. The minimum absolute atomic E-state index is 0.575. The maximum atomic E-state index is 4.44. The second-order valence-corrected chi connectivity index (χ2v) is 5.32. The average Bonchev–Trinajstić information content (AvgIpc) is 2.86. The Morgan fingerprint density at radius 2 is 1.79 bits per heavy atom. The molecule has 1 aromatic carbocycles. The van der Waals surface area contributed by atoms with E-state index in [0.717, 1.165) is 23.0 Å². The van der Waals surface area contributed by atoms with Gasteiger partial charge in [-0.1, -0.05) is 43.7 Å². The van der Waals surface area contributed by atoms with Gasteiger partial charge in [0.25, 0.3) is 0 Å². The minimum atomic E-state index is 0.575. The first-order valence-electron chi connectivity index (χ1n) is 6.97. The van der Waals surface area contributed by atoms with Crippen LogP contribution in [0, 0.1) is 5.92 Å². The fraction of sp³-hybridized carbons (Fsp3) is 0.375. The fourth-order valence-corrected chi connectivity index (χ4v) is 2.71. The summed E-state index contributed by atoms with van der Waals surface area (Å²) in [5, 5.41) is 3.54. The normalized spacial score (nSPS) is 22.4. The fourth-order valence-electron chi connectivity index (χ4n) is 2.71. The van der Waals surface area contributed by atoms with Gasteiger partial charge < -0.3 is 5.32 Å². The van der Waals surface area contributed by atoms with Crippen LogP contribution in [0.25, 0.3) is 11.4 Å². The third-order valence-corrected chi connectivity index (χ3v) is 3.90. The maximum Gasteiger partial charge on any atom is 0.159 e. The van der Waals surface area contributed by atoms with Gasteiger partial charge >= 0.3 is 0 Å². The SMILES string of the molecule is CC1CCCC1Nc1cnc(-c2ccccc2)nc1. The lowest BCUT2D eigenvalue weighted by atomic mass is 10.1. The Bertz CT molecular complexity index is 521. The lowest BCUT2D eigenvalue weighted by molar-refractivity contribution is 0.556. The molecule has 3 rings (SSSR count). The van der Waals surface area contributed by atoms with Crippen LogP contribution in [-0.2, 0) is 0 Å². The molecule has 0 spiro atoms. The van der Waals surface area contributed by atoms with Crippen molar-refractivity contribution in [2.75, 3.05) is 5.32 Å². The summed E-state index contributed by atoms with van der Waals surface area (Å²) < 4.78 is 0. The second-order valence-electron chi connectivity index (χ2n) is 5.32. The van der Waals surface area contributed by atoms with E-state index in [1.807, 2.05) is 42.7 Å². The van der Waals surface area contributed by atoms with Crippen molar-refractivity contribution >= 4 is 5.69 Å². The van der Waals surface area contributed by atoms with Gasteiger partial charge in [-0.15, -0.1) is 0 Å². The van der Waals surface area contributed by atoms with E-state index in [9.17, 15) is 0 Å². The van der Waals surface area contributed by atoms with Crippen molar-refractivity contribution < 1.29 is 0 Å². The lowest BCUT2D eigenvalue weighted by Gasteiger charge is -2.18. The highest BCUT2D eigenvalue weighted by atomic mass is 15.0. The smallest absolute Gasteiger partial charge is 0.159 e. The van der Waals surface area contributed by atoms with Crippen molar-refractivity contribution in [3.63, 3.8) is 0 Å². The van der Waals surface area contributed by atoms with Gasteiger partial charge in [0.15, 0.2) is 5.82 Å². The molecule has 1 aliphatic carbocycles. The zero-order valence-corrected chi connectivity index (χ0v) is 11.2. The number of hydrogen-bond acceptors (Lipinski definition) is 3. The van der Waals surface area contributed by atoms with Crippen molar-refractivity contribution in [2.45, 2.75) is 32.2 Å². The topological polar surface area (TPSA) is 37.8 Å². The van der Waals surface area contributed by atoms with Crippen molar-refractivity contribution in [1.29, 1.82) is 0 Å². The Kier molecular flexibility index (Phi) is 3.45. The molecular formula is C16H19N3. The van der Waals surface area contributed by atoms with Crippen LogP contribution < -0.4 is 5.32 Å². The molecule has 1 N–H and O–H groups in total. The Morgan fingerprint density at radius 3 is 2.42 bits per heavy atom. The Labute approximate surface area is 114 Å². The van der Waals surface area contributed by atoms with E-state index in [1.54, 1.807) is 0 Å². The number of nitrogens with one attached hydrogen (secondary N) is 1. The van der Waals surface area contributed by atoms with Crippen molar-refractivity contribution in [3.05, 3.63) is 42.7 Å². The first-order chi connectivity index (χ1) is 9.33. The number of aromatic nitrogens is 2. The van der Waals surface area contributed by atoms with Crippen LogP contribution in [0.1, 0.15) is 26.2 Å². The third-order valence-electron chi connectivity index (χ3n) is 3.90. The van der Waals surface area contributed by atoms with Crippen LogP contribution in [0.5, 0.6) is 0 Å². The summed E-state index contributed by atoms with van der Waals surface area (Å²) in [6.07, 6.45) is 7.67. The largest absolute Gasteiger partial charge is 0.380 e. The van der Waals surface area contributed by atoms with Crippen molar-refractivity contribution in [3.8, 4) is 11.4 Å². The summed E-state index contributed by atoms with van der Waals surface area (Å²) in [5.74, 6) is 1.53. The predicted octanol–water partition coefficient (Wildman–Crippen LogP) is 3.74. The molecule has 2 unspecified atom stereocenters. The van der Waals surface area contributed by atoms with E-state index in [1.165, 1.54) is 19.3 Å². The molecule has 0 radical (unpaired) electrons. The molecule has 2 aromatic rings. The summed E-state index contributed by atoms with van der Waals surface area (Å²) in [4.78, 5) is 8.88. The van der Waals surface area contributed by atoms with Crippen LogP contribution in [0.15, 0.2) is 42.7 Å². The monoisotopic (exact) mass is 253 g/mol. The molecule has 0 aliphatic heterocycles. The summed E-state index contributed by atoms with van der Waals surface area (Å²) in [5.41, 5.74) is 2.08. The van der Waals surface area contributed by atoms with Gasteiger partial charge in [-0.05, 0) is 18.8 Å². The summed E-state index contributed by atoms with van der Waals surface area (Å²) >= 11 is 0. The zero-order valence-electron chi connectivity index (χ0n) is 11.2. The molecule has 0 amide bonds. The second kappa shape index (κ2) is 5.39. The van der Waals surface area contributed by atoms with Crippen LogP contribution >= 0.6 is 0 Å². The van der Waals surface area contributed by atoms with Gasteiger partial charge in [0, 0.05) is 11.6 Å².